The van der Waals surface area contributed by atoms with E-state index in [1.54, 1.807) is 6.20 Å². The number of rotatable bonds is 1. The largest absolute Gasteiger partial charge is 0.382 e. The van der Waals surface area contributed by atoms with E-state index in [2.05, 4.69) is 34.3 Å². The van der Waals surface area contributed by atoms with Crippen molar-refractivity contribution in [3.8, 4) is 0 Å². The Labute approximate surface area is 100 Å². The molecule has 0 aliphatic carbocycles. The van der Waals surface area contributed by atoms with E-state index < -0.39 is 0 Å². The van der Waals surface area contributed by atoms with Crippen molar-refractivity contribution in [1.29, 1.82) is 0 Å². The van der Waals surface area contributed by atoms with Gasteiger partial charge in [-0.3, -0.25) is 4.98 Å². The lowest BCUT2D eigenvalue weighted by Gasteiger charge is -2.25. The lowest BCUT2D eigenvalue weighted by atomic mass is 9.90. The molecule has 1 atom stereocenters. The molecule has 3 rings (SSSR count). The zero-order chi connectivity index (χ0) is 11.9. The molecule has 1 fully saturated rings. The van der Waals surface area contributed by atoms with E-state index in [0.717, 1.165) is 17.6 Å². The van der Waals surface area contributed by atoms with Crippen LogP contribution in [0.3, 0.4) is 0 Å². The highest BCUT2D eigenvalue weighted by molar-refractivity contribution is 5.76. The summed E-state index contributed by atoms with van der Waals surface area (Å²) in [7, 11) is 0. The van der Waals surface area contributed by atoms with Gasteiger partial charge in [0.25, 0.3) is 0 Å². The van der Waals surface area contributed by atoms with Gasteiger partial charge in [0.2, 0.25) is 0 Å². The van der Waals surface area contributed by atoms with Gasteiger partial charge in [-0.15, -0.1) is 0 Å². The predicted octanol–water partition coefficient (Wildman–Crippen LogP) is 1.81. The van der Waals surface area contributed by atoms with E-state index in [0.29, 0.717) is 5.82 Å². The first-order valence-electron chi connectivity index (χ1n) is 5.95. The summed E-state index contributed by atoms with van der Waals surface area (Å²) in [5.41, 5.74) is 8.75. The number of nitrogens with zero attached hydrogens (tertiary/aromatic N) is 2. The first kappa shape index (κ1) is 10.5. The van der Waals surface area contributed by atoms with Gasteiger partial charge in [0.15, 0.2) is 0 Å². The van der Waals surface area contributed by atoms with Gasteiger partial charge in [-0.05, 0) is 44.0 Å². The number of fused-ring (bicyclic) bond motifs is 1. The SMILES string of the molecule is CC1(c2ccc3nc(N)cnc3c2)CCCN1. The van der Waals surface area contributed by atoms with Crippen molar-refractivity contribution in [3.63, 3.8) is 0 Å². The summed E-state index contributed by atoms with van der Waals surface area (Å²) in [5, 5.41) is 3.55. The molecule has 4 nitrogen and oxygen atoms in total. The number of nitrogen functional groups attached to an aromatic ring is 1. The molecule has 1 aliphatic rings. The third-order valence-electron chi connectivity index (χ3n) is 3.57. The van der Waals surface area contributed by atoms with Crippen LogP contribution >= 0.6 is 0 Å². The molecule has 0 saturated carbocycles. The molecule has 0 radical (unpaired) electrons. The molecule has 1 aliphatic heterocycles. The molecule has 0 amide bonds. The van der Waals surface area contributed by atoms with Crippen molar-refractivity contribution in [2.24, 2.45) is 0 Å². The van der Waals surface area contributed by atoms with Crippen LogP contribution in [0, 0.1) is 0 Å². The van der Waals surface area contributed by atoms with Crippen LogP contribution in [-0.2, 0) is 5.54 Å². The highest BCUT2D eigenvalue weighted by Gasteiger charge is 2.29. The fraction of sp³-hybridized carbons (Fsp3) is 0.385. The molecule has 2 heterocycles. The zero-order valence-electron chi connectivity index (χ0n) is 9.90. The van der Waals surface area contributed by atoms with E-state index in [1.807, 2.05) is 6.07 Å². The molecule has 4 heteroatoms. The van der Waals surface area contributed by atoms with Crippen molar-refractivity contribution >= 4 is 16.9 Å². The van der Waals surface area contributed by atoms with Crippen LogP contribution in [-0.4, -0.2) is 16.5 Å². The Bertz CT molecular complexity index is 558. The van der Waals surface area contributed by atoms with Crippen molar-refractivity contribution in [1.82, 2.24) is 15.3 Å². The normalized spacial score (nSPS) is 24.3. The second-order valence-corrected chi connectivity index (χ2v) is 4.86. The first-order valence-corrected chi connectivity index (χ1v) is 5.95. The maximum atomic E-state index is 5.62. The van der Waals surface area contributed by atoms with Gasteiger partial charge in [-0.2, -0.15) is 0 Å². The van der Waals surface area contributed by atoms with E-state index in [4.69, 9.17) is 5.73 Å². The van der Waals surface area contributed by atoms with Crippen LogP contribution < -0.4 is 11.1 Å². The number of hydrogen-bond donors (Lipinski definition) is 2. The van der Waals surface area contributed by atoms with Crippen LogP contribution in [0.4, 0.5) is 5.82 Å². The molecule has 2 aromatic rings. The van der Waals surface area contributed by atoms with Crippen molar-refractivity contribution in [2.75, 3.05) is 12.3 Å². The fourth-order valence-corrected chi connectivity index (χ4v) is 2.51. The molecule has 1 unspecified atom stereocenters. The van der Waals surface area contributed by atoms with E-state index >= 15 is 0 Å². The molecular weight excluding hydrogens is 212 g/mol. The monoisotopic (exact) mass is 228 g/mol. The summed E-state index contributed by atoms with van der Waals surface area (Å²) in [6, 6.07) is 6.23. The minimum absolute atomic E-state index is 0.0806. The van der Waals surface area contributed by atoms with Crippen molar-refractivity contribution in [3.05, 3.63) is 30.0 Å². The van der Waals surface area contributed by atoms with Gasteiger partial charge in [-0.25, -0.2) is 4.98 Å². The lowest BCUT2D eigenvalue weighted by molar-refractivity contribution is 0.435. The number of benzene rings is 1. The summed E-state index contributed by atoms with van der Waals surface area (Å²) < 4.78 is 0. The third kappa shape index (κ3) is 1.74. The number of nitrogens with two attached hydrogens (primary N) is 1. The second-order valence-electron chi connectivity index (χ2n) is 4.86. The fourth-order valence-electron chi connectivity index (χ4n) is 2.51. The Balaban J connectivity index is 2.10. The number of aromatic nitrogens is 2. The van der Waals surface area contributed by atoms with Gasteiger partial charge >= 0.3 is 0 Å². The topological polar surface area (TPSA) is 63.8 Å². The molecule has 0 bridgehead atoms. The van der Waals surface area contributed by atoms with Gasteiger partial charge in [0.1, 0.15) is 5.82 Å². The van der Waals surface area contributed by atoms with Gasteiger partial charge in [-0.1, -0.05) is 6.07 Å². The minimum Gasteiger partial charge on any atom is -0.382 e. The van der Waals surface area contributed by atoms with Gasteiger partial charge in [0, 0.05) is 5.54 Å². The van der Waals surface area contributed by atoms with Gasteiger partial charge < -0.3 is 11.1 Å². The number of hydrogen-bond acceptors (Lipinski definition) is 4. The van der Waals surface area contributed by atoms with Crippen LogP contribution in [0.5, 0.6) is 0 Å². The molecule has 0 spiro atoms. The lowest BCUT2D eigenvalue weighted by Crippen LogP contribution is -2.33. The Morgan fingerprint density at radius 3 is 3.00 bits per heavy atom. The minimum atomic E-state index is 0.0806. The van der Waals surface area contributed by atoms with Crippen molar-refractivity contribution < 1.29 is 0 Å². The molecule has 1 aromatic carbocycles. The standard InChI is InChI=1S/C13H16N4/c1-13(5-2-6-16-13)9-3-4-10-11(7-9)15-8-12(14)17-10/h3-4,7-8,16H,2,5-6H2,1H3,(H2,14,17). The quantitative estimate of drug-likeness (QED) is 0.781. The number of anilines is 1. The predicted molar refractivity (Wildman–Crippen MR) is 68.5 cm³/mol. The van der Waals surface area contributed by atoms with E-state index in [9.17, 15) is 0 Å². The molecule has 17 heavy (non-hydrogen) atoms. The smallest absolute Gasteiger partial charge is 0.142 e. The summed E-state index contributed by atoms with van der Waals surface area (Å²) >= 11 is 0. The van der Waals surface area contributed by atoms with Crippen LogP contribution in [0.2, 0.25) is 0 Å². The average Bonchev–Trinajstić information content (AvgIpc) is 2.77. The Morgan fingerprint density at radius 1 is 1.35 bits per heavy atom. The molecule has 1 aromatic heterocycles. The number of nitrogens with one attached hydrogen (secondary N) is 1. The zero-order valence-corrected chi connectivity index (χ0v) is 9.90. The molecule has 1 saturated heterocycles. The molecule has 3 N–H and O–H groups in total. The van der Waals surface area contributed by atoms with Gasteiger partial charge in [0.05, 0.1) is 17.2 Å². The second kappa shape index (κ2) is 3.67. The summed E-state index contributed by atoms with van der Waals surface area (Å²) in [6.45, 7) is 3.33. The summed E-state index contributed by atoms with van der Waals surface area (Å²) in [6.07, 6.45) is 4.00. The average molecular weight is 228 g/mol. The Kier molecular flexibility index (Phi) is 2.26. The molecule has 88 valence electrons. The Hall–Kier alpha value is -1.68. The van der Waals surface area contributed by atoms with Crippen LogP contribution in [0.15, 0.2) is 24.4 Å². The highest BCUT2D eigenvalue weighted by Crippen LogP contribution is 2.31. The van der Waals surface area contributed by atoms with E-state index in [1.165, 1.54) is 18.4 Å². The maximum absolute atomic E-state index is 5.62. The summed E-state index contributed by atoms with van der Waals surface area (Å²) in [5.74, 6) is 0.468. The van der Waals surface area contributed by atoms with Crippen LogP contribution in [0.25, 0.3) is 11.0 Å². The molecular formula is C13H16N4. The summed E-state index contributed by atoms with van der Waals surface area (Å²) in [4.78, 5) is 8.59. The third-order valence-corrected chi connectivity index (χ3v) is 3.57. The highest BCUT2D eigenvalue weighted by atomic mass is 15.0. The van der Waals surface area contributed by atoms with E-state index in [-0.39, 0.29) is 5.54 Å². The first-order chi connectivity index (χ1) is 8.17. The van der Waals surface area contributed by atoms with Crippen LogP contribution in [0.1, 0.15) is 25.3 Å². The van der Waals surface area contributed by atoms with Crippen molar-refractivity contribution in [2.45, 2.75) is 25.3 Å². The maximum Gasteiger partial charge on any atom is 0.142 e. The Morgan fingerprint density at radius 2 is 2.24 bits per heavy atom.